The number of benzene rings is 2. The number of aliphatic hydroxyl groups excluding tert-OH is 1. The van der Waals surface area contributed by atoms with Crippen molar-refractivity contribution in [3.05, 3.63) is 70.7 Å². The number of halogens is 1. The van der Waals surface area contributed by atoms with Crippen molar-refractivity contribution in [3.63, 3.8) is 0 Å². The highest BCUT2D eigenvalue weighted by atomic mass is 35.5. The molecule has 0 bridgehead atoms. The molecule has 0 saturated carbocycles. The van der Waals surface area contributed by atoms with E-state index in [1.807, 2.05) is 48.5 Å². The lowest BCUT2D eigenvalue weighted by atomic mass is 9.95. The number of nitrogens with zero attached hydrogens (tertiary/aromatic N) is 1. The standard InChI is InChI=1S/C24H28ClNO5/c1-24(2,3)31-23(29)26-20(22(28)30-15-16-8-5-4-6-9-16)14-18(21(26)27)12-17-10-7-11-19(25)13-17/h4-11,13,18,20-21,27H,12,14-15H2,1-3H3/t18-,20+,21?/m0/s1. The monoisotopic (exact) mass is 445 g/mol. The van der Waals surface area contributed by atoms with Crippen LogP contribution in [0.15, 0.2) is 54.6 Å². The van der Waals surface area contributed by atoms with Gasteiger partial charge in [-0.2, -0.15) is 0 Å². The number of ether oxygens (including phenoxy) is 2. The quantitative estimate of drug-likeness (QED) is 0.682. The van der Waals surface area contributed by atoms with Crippen molar-refractivity contribution in [2.45, 2.75) is 58.1 Å². The average molecular weight is 446 g/mol. The number of rotatable bonds is 5. The fraction of sp³-hybridized carbons (Fsp3) is 0.417. The molecule has 1 N–H and O–H groups in total. The smallest absolute Gasteiger partial charge is 0.413 e. The van der Waals surface area contributed by atoms with E-state index in [1.54, 1.807) is 26.8 Å². The Hall–Kier alpha value is -2.57. The Morgan fingerprint density at radius 3 is 2.42 bits per heavy atom. The van der Waals surface area contributed by atoms with Gasteiger partial charge in [-0.3, -0.25) is 4.90 Å². The Bertz CT molecular complexity index is 912. The van der Waals surface area contributed by atoms with Crippen molar-refractivity contribution in [2.24, 2.45) is 5.92 Å². The molecule has 6 nitrogen and oxygen atoms in total. The number of aliphatic hydroxyl groups is 1. The van der Waals surface area contributed by atoms with Gasteiger partial charge in [0.1, 0.15) is 24.5 Å². The molecule has 166 valence electrons. The normalized spacial score (nSPS) is 21.1. The third kappa shape index (κ3) is 6.21. The number of hydrogen-bond acceptors (Lipinski definition) is 5. The van der Waals surface area contributed by atoms with Crippen LogP contribution < -0.4 is 0 Å². The molecule has 2 aromatic carbocycles. The summed E-state index contributed by atoms with van der Waals surface area (Å²) in [5.74, 6) is -0.928. The van der Waals surface area contributed by atoms with E-state index in [1.165, 1.54) is 0 Å². The van der Waals surface area contributed by atoms with Crippen LogP contribution in [0.3, 0.4) is 0 Å². The van der Waals surface area contributed by atoms with Crippen LogP contribution >= 0.6 is 11.6 Å². The third-order valence-electron chi connectivity index (χ3n) is 5.06. The van der Waals surface area contributed by atoms with E-state index in [0.29, 0.717) is 11.4 Å². The fourth-order valence-corrected chi connectivity index (χ4v) is 3.89. The van der Waals surface area contributed by atoms with Crippen LogP contribution in [0.1, 0.15) is 38.3 Å². The summed E-state index contributed by atoms with van der Waals surface area (Å²) in [6.45, 7) is 5.30. The lowest BCUT2D eigenvalue weighted by Crippen LogP contribution is -2.48. The lowest BCUT2D eigenvalue weighted by molar-refractivity contribution is -0.152. The first-order valence-corrected chi connectivity index (χ1v) is 10.7. The molecule has 0 radical (unpaired) electrons. The summed E-state index contributed by atoms with van der Waals surface area (Å²) in [7, 11) is 0. The van der Waals surface area contributed by atoms with Gasteiger partial charge in [-0.1, -0.05) is 54.1 Å². The molecule has 7 heteroatoms. The minimum absolute atomic E-state index is 0.0907. The van der Waals surface area contributed by atoms with Crippen LogP contribution in [-0.2, 0) is 27.3 Å². The first-order valence-electron chi connectivity index (χ1n) is 10.3. The SMILES string of the molecule is CC(C)(C)OC(=O)N1C(O)[C@@H](Cc2cccc(Cl)c2)C[C@@H]1C(=O)OCc1ccccc1. The second kappa shape index (κ2) is 9.71. The number of carbonyl (C=O) groups is 2. The van der Waals surface area contributed by atoms with Crippen molar-refractivity contribution in [3.8, 4) is 0 Å². The average Bonchev–Trinajstić information content (AvgIpc) is 3.02. The molecule has 0 aliphatic carbocycles. The molecular formula is C24H28ClNO5. The third-order valence-corrected chi connectivity index (χ3v) is 5.29. The Labute approximate surface area is 187 Å². The zero-order chi connectivity index (χ0) is 22.6. The van der Waals surface area contributed by atoms with Gasteiger partial charge < -0.3 is 14.6 Å². The molecule has 1 saturated heterocycles. The van der Waals surface area contributed by atoms with Gasteiger partial charge in [0.2, 0.25) is 0 Å². The van der Waals surface area contributed by atoms with Crippen molar-refractivity contribution in [1.82, 2.24) is 4.90 Å². The summed E-state index contributed by atoms with van der Waals surface area (Å²) in [6, 6.07) is 15.7. The first-order chi connectivity index (χ1) is 14.6. The van der Waals surface area contributed by atoms with Crippen molar-refractivity contribution >= 4 is 23.7 Å². The number of carbonyl (C=O) groups excluding carboxylic acids is 2. The van der Waals surface area contributed by atoms with Gasteiger partial charge in [-0.05, 0) is 56.9 Å². The molecule has 1 heterocycles. The van der Waals surface area contributed by atoms with Gasteiger partial charge in [0.25, 0.3) is 0 Å². The Kier molecular flexibility index (Phi) is 7.23. The van der Waals surface area contributed by atoms with Crippen molar-refractivity contribution in [1.29, 1.82) is 0 Å². The molecule has 2 aromatic rings. The Morgan fingerprint density at radius 2 is 1.77 bits per heavy atom. The number of amides is 1. The van der Waals surface area contributed by atoms with Crippen LogP contribution in [0.2, 0.25) is 5.02 Å². The number of likely N-dealkylation sites (tertiary alicyclic amines) is 1. The van der Waals surface area contributed by atoms with Crippen molar-refractivity contribution < 1.29 is 24.2 Å². The second-order valence-electron chi connectivity index (χ2n) is 8.74. The van der Waals surface area contributed by atoms with Crippen LogP contribution in [0.5, 0.6) is 0 Å². The maximum atomic E-state index is 12.9. The topological polar surface area (TPSA) is 76.1 Å². The van der Waals surface area contributed by atoms with E-state index in [4.69, 9.17) is 21.1 Å². The van der Waals surface area contributed by atoms with Gasteiger partial charge in [0.15, 0.2) is 0 Å². The summed E-state index contributed by atoms with van der Waals surface area (Å²) in [4.78, 5) is 26.8. The molecule has 1 aliphatic heterocycles. The Morgan fingerprint density at radius 1 is 1.10 bits per heavy atom. The lowest BCUT2D eigenvalue weighted by Gasteiger charge is -2.30. The maximum Gasteiger partial charge on any atom is 0.413 e. The van der Waals surface area contributed by atoms with E-state index in [2.05, 4.69) is 0 Å². The molecule has 1 amide bonds. The minimum atomic E-state index is -1.18. The van der Waals surface area contributed by atoms with Crippen LogP contribution in [0.4, 0.5) is 4.79 Å². The molecule has 31 heavy (non-hydrogen) atoms. The van der Waals surface area contributed by atoms with E-state index >= 15 is 0 Å². The van der Waals surface area contributed by atoms with E-state index in [0.717, 1.165) is 16.0 Å². The summed E-state index contributed by atoms with van der Waals surface area (Å²) in [6.07, 6.45) is -1.19. The highest BCUT2D eigenvalue weighted by Crippen LogP contribution is 2.34. The van der Waals surface area contributed by atoms with Gasteiger partial charge in [0.05, 0.1) is 0 Å². The van der Waals surface area contributed by atoms with Gasteiger partial charge in [0, 0.05) is 10.9 Å². The maximum absolute atomic E-state index is 12.9. The fourth-order valence-electron chi connectivity index (χ4n) is 3.67. The van der Waals surface area contributed by atoms with Crippen molar-refractivity contribution in [2.75, 3.05) is 0 Å². The van der Waals surface area contributed by atoms with Gasteiger partial charge >= 0.3 is 12.1 Å². The minimum Gasteiger partial charge on any atom is -0.459 e. The molecule has 1 unspecified atom stereocenters. The predicted molar refractivity (Wildman–Crippen MR) is 117 cm³/mol. The van der Waals surface area contributed by atoms with Gasteiger partial charge in [-0.15, -0.1) is 0 Å². The molecule has 0 spiro atoms. The number of hydrogen-bond donors (Lipinski definition) is 1. The van der Waals surface area contributed by atoms with E-state index in [-0.39, 0.29) is 18.9 Å². The molecule has 3 rings (SSSR count). The highest BCUT2D eigenvalue weighted by molar-refractivity contribution is 6.30. The molecule has 3 atom stereocenters. The molecule has 0 aromatic heterocycles. The predicted octanol–water partition coefficient (Wildman–Crippen LogP) is 4.57. The summed E-state index contributed by atoms with van der Waals surface area (Å²) < 4.78 is 10.9. The van der Waals surface area contributed by atoms with Crippen LogP contribution in [0, 0.1) is 5.92 Å². The Balaban J connectivity index is 1.77. The van der Waals surface area contributed by atoms with E-state index in [9.17, 15) is 14.7 Å². The van der Waals surface area contributed by atoms with Crippen LogP contribution in [0.25, 0.3) is 0 Å². The van der Waals surface area contributed by atoms with Crippen LogP contribution in [-0.4, -0.2) is 39.9 Å². The highest BCUT2D eigenvalue weighted by Gasteiger charge is 2.48. The zero-order valence-electron chi connectivity index (χ0n) is 18.0. The van der Waals surface area contributed by atoms with Gasteiger partial charge in [-0.25, -0.2) is 9.59 Å². The second-order valence-corrected chi connectivity index (χ2v) is 9.18. The zero-order valence-corrected chi connectivity index (χ0v) is 18.7. The molecular weight excluding hydrogens is 418 g/mol. The van der Waals surface area contributed by atoms with E-state index < -0.39 is 29.9 Å². The molecule has 1 aliphatic rings. The summed E-state index contributed by atoms with van der Waals surface area (Å²) in [5.41, 5.74) is 0.994. The first kappa shape index (κ1) is 23.1. The molecule has 1 fully saturated rings. The number of esters is 1. The summed E-state index contributed by atoms with van der Waals surface area (Å²) >= 11 is 6.08. The largest absolute Gasteiger partial charge is 0.459 e. The summed E-state index contributed by atoms with van der Waals surface area (Å²) in [5, 5.41) is 11.5.